The van der Waals surface area contributed by atoms with Gasteiger partial charge >= 0.3 is 5.91 Å². The molecule has 3 heterocycles. The molecule has 1 saturated heterocycles. The summed E-state index contributed by atoms with van der Waals surface area (Å²) in [5.41, 5.74) is 1.79. The van der Waals surface area contributed by atoms with Crippen LogP contribution >= 0.6 is 23.1 Å². The molecule has 1 N–H and O–H groups in total. The lowest BCUT2D eigenvalue weighted by molar-refractivity contribution is -0.132. The fourth-order valence-corrected chi connectivity index (χ4v) is 5.70. The summed E-state index contributed by atoms with van der Waals surface area (Å²) in [6, 6.07) is 15.2. The van der Waals surface area contributed by atoms with Crippen molar-refractivity contribution in [2.75, 3.05) is 12.0 Å². The lowest BCUT2D eigenvalue weighted by Crippen LogP contribution is -2.29. The van der Waals surface area contributed by atoms with Crippen LogP contribution in [0.25, 0.3) is 5.76 Å². The predicted molar refractivity (Wildman–Crippen MR) is 138 cm³/mol. The van der Waals surface area contributed by atoms with E-state index in [1.54, 1.807) is 48.5 Å². The second-order valence-electron chi connectivity index (χ2n) is 7.94. The predicted octanol–water partition coefficient (Wildman–Crippen LogP) is 5.00. The number of halogens is 1. The highest BCUT2D eigenvalue weighted by Gasteiger charge is 2.48. The van der Waals surface area contributed by atoms with Crippen LogP contribution in [0.3, 0.4) is 0 Å². The van der Waals surface area contributed by atoms with Gasteiger partial charge in [-0.2, -0.15) is 0 Å². The van der Waals surface area contributed by atoms with Crippen molar-refractivity contribution < 1.29 is 23.8 Å². The molecule has 1 aliphatic heterocycles. The minimum Gasteiger partial charge on any atom is -0.507 e. The number of hydrogen-bond acceptors (Lipinski definition) is 9. The Bertz CT molecular complexity index is 1470. The van der Waals surface area contributed by atoms with Gasteiger partial charge in [-0.15, -0.1) is 10.2 Å². The number of rotatable bonds is 7. The van der Waals surface area contributed by atoms with E-state index >= 15 is 0 Å². The van der Waals surface area contributed by atoms with Crippen molar-refractivity contribution in [2.24, 2.45) is 0 Å². The number of aromatic nitrogens is 3. The Morgan fingerprint density at radius 1 is 1.05 bits per heavy atom. The lowest BCUT2D eigenvalue weighted by Gasteiger charge is -2.22. The minimum absolute atomic E-state index is 0.0583. The average molecular weight is 535 g/mol. The van der Waals surface area contributed by atoms with Gasteiger partial charge in [-0.3, -0.25) is 19.5 Å². The first-order chi connectivity index (χ1) is 18.0. The molecule has 11 heteroatoms. The smallest absolute Gasteiger partial charge is 0.301 e. The molecule has 0 bridgehead atoms. The zero-order valence-corrected chi connectivity index (χ0v) is 21.0. The Hall–Kier alpha value is -4.09. The van der Waals surface area contributed by atoms with Crippen molar-refractivity contribution in [3.05, 3.63) is 101 Å². The molecule has 1 fully saturated rings. The number of Topliss-reactive ketones (excluding diaryl/α,β-unsaturated/α-hetero) is 1. The molecule has 4 aromatic rings. The number of anilines is 1. The number of carbonyl (C=O) groups is 2. The summed E-state index contributed by atoms with van der Waals surface area (Å²) >= 11 is 2.54. The maximum atomic E-state index is 13.3. The van der Waals surface area contributed by atoms with Crippen LogP contribution in [-0.4, -0.2) is 39.1 Å². The van der Waals surface area contributed by atoms with Crippen LogP contribution in [0.1, 0.15) is 22.7 Å². The molecule has 1 aliphatic rings. The van der Waals surface area contributed by atoms with Crippen molar-refractivity contribution in [1.29, 1.82) is 0 Å². The fraction of sp³-hybridized carbons (Fsp3) is 0.115. The highest BCUT2D eigenvalue weighted by atomic mass is 32.2. The summed E-state index contributed by atoms with van der Waals surface area (Å²) in [5, 5.41) is 19.7. The van der Waals surface area contributed by atoms with Crippen molar-refractivity contribution >= 4 is 45.7 Å². The number of thioether (sulfide) groups is 1. The van der Waals surface area contributed by atoms with Gasteiger partial charge in [0.25, 0.3) is 5.78 Å². The monoisotopic (exact) mass is 534 g/mol. The van der Waals surface area contributed by atoms with Crippen LogP contribution in [0.5, 0.6) is 5.75 Å². The minimum atomic E-state index is -0.929. The molecule has 2 aromatic carbocycles. The van der Waals surface area contributed by atoms with E-state index in [1.165, 1.54) is 48.3 Å². The Morgan fingerprint density at radius 2 is 1.76 bits per heavy atom. The molecule has 1 unspecified atom stereocenters. The summed E-state index contributed by atoms with van der Waals surface area (Å²) in [5.74, 6) is -1.14. The quantitative estimate of drug-likeness (QED) is 0.116. The zero-order valence-electron chi connectivity index (χ0n) is 19.4. The highest BCUT2D eigenvalue weighted by Crippen LogP contribution is 2.44. The third kappa shape index (κ3) is 4.95. The van der Waals surface area contributed by atoms with Gasteiger partial charge in [0.2, 0.25) is 5.13 Å². The second-order valence-corrected chi connectivity index (χ2v) is 10.1. The number of aliphatic hydroxyl groups excluding tert-OH is 1. The number of ether oxygens (including phenoxy) is 1. The summed E-state index contributed by atoms with van der Waals surface area (Å²) in [6.07, 6.45) is 2.98. The van der Waals surface area contributed by atoms with Crippen molar-refractivity contribution in [2.45, 2.75) is 16.1 Å². The Kier molecular flexibility index (Phi) is 6.97. The summed E-state index contributed by atoms with van der Waals surface area (Å²) in [7, 11) is 1.54. The van der Waals surface area contributed by atoms with E-state index in [-0.39, 0.29) is 22.3 Å². The highest BCUT2D eigenvalue weighted by molar-refractivity contribution is 8.00. The number of pyridine rings is 1. The van der Waals surface area contributed by atoms with E-state index in [2.05, 4.69) is 15.2 Å². The van der Waals surface area contributed by atoms with Crippen molar-refractivity contribution in [3.63, 3.8) is 0 Å². The van der Waals surface area contributed by atoms with Crippen LogP contribution in [0, 0.1) is 5.82 Å². The topological polar surface area (TPSA) is 106 Å². The first kappa shape index (κ1) is 24.6. The number of aliphatic hydroxyl groups is 1. The van der Waals surface area contributed by atoms with Gasteiger partial charge in [0.15, 0.2) is 4.34 Å². The Morgan fingerprint density at radius 3 is 2.43 bits per heavy atom. The molecule has 37 heavy (non-hydrogen) atoms. The largest absolute Gasteiger partial charge is 0.507 e. The van der Waals surface area contributed by atoms with Gasteiger partial charge in [0.1, 0.15) is 17.3 Å². The number of nitrogens with zero attached hydrogens (tertiary/aromatic N) is 4. The number of benzene rings is 2. The average Bonchev–Trinajstić information content (AvgIpc) is 3.50. The first-order valence-electron chi connectivity index (χ1n) is 11.0. The van der Waals surface area contributed by atoms with E-state index in [1.807, 2.05) is 0 Å². The molecule has 186 valence electrons. The van der Waals surface area contributed by atoms with E-state index in [4.69, 9.17) is 4.74 Å². The first-order valence-corrected chi connectivity index (χ1v) is 12.8. The Labute approximate surface area is 219 Å². The molecule has 0 spiro atoms. The third-order valence-electron chi connectivity index (χ3n) is 5.71. The van der Waals surface area contributed by atoms with Gasteiger partial charge < -0.3 is 9.84 Å². The van der Waals surface area contributed by atoms with Crippen LogP contribution in [-0.2, 0) is 15.3 Å². The molecule has 0 aliphatic carbocycles. The maximum absolute atomic E-state index is 13.3. The fourth-order valence-electron chi connectivity index (χ4n) is 3.88. The van der Waals surface area contributed by atoms with Crippen LogP contribution in [0.2, 0.25) is 0 Å². The summed E-state index contributed by atoms with van der Waals surface area (Å²) < 4.78 is 19.0. The normalized spacial score (nSPS) is 16.8. The summed E-state index contributed by atoms with van der Waals surface area (Å²) in [4.78, 5) is 31.7. The number of amides is 1. The molecule has 0 radical (unpaired) electrons. The van der Waals surface area contributed by atoms with E-state index in [0.29, 0.717) is 27.0 Å². The number of methoxy groups -OCH3 is 1. The van der Waals surface area contributed by atoms with Crippen LogP contribution < -0.4 is 9.64 Å². The second kappa shape index (κ2) is 10.5. The summed E-state index contributed by atoms with van der Waals surface area (Å²) in [6.45, 7) is 0. The van der Waals surface area contributed by atoms with Gasteiger partial charge in [-0.1, -0.05) is 47.4 Å². The van der Waals surface area contributed by atoms with E-state index < -0.39 is 17.7 Å². The zero-order chi connectivity index (χ0) is 25.9. The van der Waals surface area contributed by atoms with Crippen molar-refractivity contribution in [3.8, 4) is 5.75 Å². The molecular weight excluding hydrogens is 515 g/mol. The van der Waals surface area contributed by atoms with E-state index in [9.17, 15) is 19.1 Å². The third-order valence-corrected chi connectivity index (χ3v) is 7.83. The number of ketones is 1. The van der Waals surface area contributed by atoms with Gasteiger partial charge in [0, 0.05) is 23.7 Å². The van der Waals surface area contributed by atoms with Gasteiger partial charge in [-0.05, 0) is 47.5 Å². The van der Waals surface area contributed by atoms with Crippen LogP contribution in [0.4, 0.5) is 9.52 Å². The van der Waals surface area contributed by atoms with Crippen molar-refractivity contribution in [1.82, 2.24) is 15.2 Å². The lowest BCUT2D eigenvalue weighted by atomic mass is 9.95. The molecule has 1 amide bonds. The van der Waals surface area contributed by atoms with Gasteiger partial charge in [0.05, 0.1) is 18.7 Å². The number of hydrogen-bond donors (Lipinski definition) is 1. The van der Waals surface area contributed by atoms with Crippen LogP contribution in [0.15, 0.2) is 83.0 Å². The van der Waals surface area contributed by atoms with Gasteiger partial charge in [-0.25, -0.2) is 4.39 Å². The number of carbonyl (C=O) groups excluding carboxylic acids is 2. The molecule has 0 saturated carbocycles. The molecule has 8 nitrogen and oxygen atoms in total. The standard InChI is InChI=1S/C26H19FN4O4S2/c1-35-19-8-4-16(5-9-19)21-20(22(32)17-10-12-28-13-11-17)23(33)24(34)31(21)25-29-30-26(37-25)36-14-15-2-6-18(27)7-3-15/h2-13,21,32H,14H2,1H3/b22-20+. The SMILES string of the molecule is COc1ccc(C2/C(=C(\O)c3ccncc3)C(=O)C(=O)N2c2nnc(SCc3ccc(F)cc3)s2)cc1. The molecular formula is C26H19FN4O4S2. The molecule has 1 atom stereocenters. The maximum Gasteiger partial charge on any atom is 0.301 e. The molecule has 2 aromatic heterocycles. The van der Waals surface area contributed by atoms with E-state index in [0.717, 1.165) is 16.9 Å². The Balaban J connectivity index is 1.52. The molecule has 5 rings (SSSR count).